The van der Waals surface area contributed by atoms with Crippen LogP contribution in [0.2, 0.25) is 0 Å². The van der Waals surface area contributed by atoms with Gasteiger partial charge in [0.1, 0.15) is 0 Å². The van der Waals surface area contributed by atoms with Gasteiger partial charge in [0.2, 0.25) is 6.10 Å². The Morgan fingerprint density at radius 1 is 1.04 bits per heavy atom. The summed E-state index contributed by atoms with van der Waals surface area (Å²) in [7, 11) is 0. The maximum Gasteiger partial charge on any atom is 0.306 e. The van der Waals surface area contributed by atoms with Crippen molar-refractivity contribution in [1.29, 1.82) is 0 Å². The van der Waals surface area contributed by atoms with Gasteiger partial charge in [0.25, 0.3) is 5.91 Å². The second-order valence-corrected chi connectivity index (χ2v) is 5.39. The highest BCUT2D eigenvalue weighted by molar-refractivity contribution is 5.96. The molecular formula is C19H21NO3. The SMILES string of the molecule is CCCC(=O)OC(C(=O)Nc1ccc(C)cc1)c1ccccc1. The van der Waals surface area contributed by atoms with Crippen LogP contribution in [-0.4, -0.2) is 11.9 Å². The van der Waals surface area contributed by atoms with E-state index in [-0.39, 0.29) is 11.9 Å². The summed E-state index contributed by atoms with van der Waals surface area (Å²) in [6.45, 7) is 3.87. The number of rotatable bonds is 6. The van der Waals surface area contributed by atoms with E-state index < -0.39 is 6.10 Å². The Kier molecular flexibility index (Phi) is 5.92. The smallest absolute Gasteiger partial charge is 0.306 e. The third-order valence-electron chi connectivity index (χ3n) is 3.36. The minimum atomic E-state index is -0.948. The van der Waals surface area contributed by atoms with E-state index in [1.165, 1.54) is 0 Å². The first-order chi connectivity index (χ1) is 11.1. The lowest BCUT2D eigenvalue weighted by Gasteiger charge is -2.18. The van der Waals surface area contributed by atoms with Gasteiger partial charge in [0, 0.05) is 17.7 Å². The number of ether oxygens (including phenoxy) is 1. The second kappa shape index (κ2) is 8.13. The molecule has 0 aromatic heterocycles. The van der Waals surface area contributed by atoms with Gasteiger partial charge in [0.05, 0.1) is 0 Å². The Morgan fingerprint density at radius 3 is 2.30 bits per heavy atom. The lowest BCUT2D eigenvalue weighted by Crippen LogP contribution is -2.25. The second-order valence-electron chi connectivity index (χ2n) is 5.39. The molecule has 0 aliphatic heterocycles. The molecule has 1 N–H and O–H groups in total. The summed E-state index contributed by atoms with van der Waals surface area (Å²) in [6, 6.07) is 16.5. The molecule has 0 aliphatic rings. The topological polar surface area (TPSA) is 55.4 Å². The summed E-state index contributed by atoms with van der Waals surface area (Å²) in [5.74, 6) is -0.732. The van der Waals surface area contributed by atoms with Crippen LogP contribution in [0, 0.1) is 6.92 Å². The van der Waals surface area contributed by atoms with Crippen molar-refractivity contribution < 1.29 is 14.3 Å². The summed E-state index contributed by atoms with van der Waals surface area (Å²) in [4.78, 5) is 24.4. The maximum atomic E-state index is 12.5. The van der Waals surface area contributed by atoms with E-state index in [2.05, 4.69) is 5.32 Å². The lowest BCUT2D eigenvalue weighted by atomic mass is 10.1. The Balaban J connectivity index is 2.16. The fourth-order valence-electron chi connectivity index (χ4n) is 2.14. The molecule has 2 aromatic rings. The molecule has 0 spiro atoms. The van der Waals surface area contributed by atoms with Crippen molar-refractivity contribution in [1.82, 2.24) is 0 Å². The van der Waals surface area contributed by atoms with Crippen LogP contribution in [-0.2, 0) is 14.3 Å². The highest BCUT2D eigenvalue weighted by atomic mass is 16.5. The van der Waals surface area contributed by atoms with E-state index in [0.29, 0.717) is 24.1 Å². The zero-order valence-electron chi connectivity index (χ0n) is 13.4. The fraction of sp³-hybridized carbons (Fsp3) is 0.263. The zero-order chi connectivity index (χ0) is 16.7. The summed E-state index contributed by atoms with van der Waals surface area (Å²) < 4.78 is 5.38. The number of nitrogens with one attached hydrogen (secondary N) is 1. The molecule has 1 amide bonds. The van der Waals surface area contributed by atoms with Gasteiger partial charge in [-0.3, -0.25) is 9.59 Å². The standard InChI is InChI=1S/C19H21NO3/c1-3-7-17(21)23-18(15-8-5-4-6-9-15)19(22)20-16-12-10-14(2)11-13-16/h4-6,8-13,18H,3,7H2,1-2H3,(H,20,22). The fourth-order valence-corrected chi connectivity index (χ4v) is 2.14. The van der Waals surface area contributed by atoms with Crippen LogP contribution in [0.5, 0.6) is 0 Å². The Labute approximate surface area is 136 Å². The minimum Gasteiger partial charge on any atom is -0.447 e. The van der Waals surface area contributed by atoms with E-state index in [1.807, 2.05) is 56.3 Å². The molecule has 0 radical (unpaired) electrons. The highest BCUT2D eigenvalue weighted by Gasteiger charge is 2.24. The van der Waals surface area contributed by atoms with Gasteiger partial charge in [-0.1, -0.05) is 55.0 Å². The molecule has 0 bridgehead atoms. The molecule has 1 atom stereocenters. The number of carbonyl (C=O) groups is 2. The van der Waals surface area contributed by atoms with Crippen LogP contribution < -0.4 is 5.32 Å². The van der Waals surface area contributed by atoms with E-state index in [9.17, 15) is 9.59 Å². The average Bonchev–Trinajstić information content (AvgIpc) is 2.56. The van der Waals surface area contributed by atoms with Crippen molar-refractivity contribution in [2.45, 2.75) is 32.8 Å². The molecule has 0 fully saturated rings. The molecule has 2 rings (SSSR count). The Morgan fingerprint density at radius 2 is 1.70 bits per heavy atom. The summed E-state index contributed by atoms with van der Waals surface area (Å²) >= 11 is 0. The third-order valence-corrected chi connectivity index (χ3v) is 3.36. The van der Waals surface area contributed by atoms with E-state index in [1.54, 1.807) is 12.1 Å². The van der Waals surface area contributed by atoms with Crippen LogP contribution in [0.15, 0.2) is 54.6 Å². The molecule has 0 saturated heterocycles. The minimum absolute atomic E-state index is 0.293. The Hall–Kier alpha value is -2.62. The molecule has 0 saturated carbocycles. The molecule has 4 heteroatoms. The third kappa shape index (κ3) is 4.95. The van der Waals surface area contributed by atoms with Crippen LogP contribution in [0.4, 0.5) is 5.69 Å². The summed E-state index contributed by atoms with van der Waals surface area (Å²) in [6.07, 6.45) is 0.0256. The van der Waals surface area contributed by atoms with Gasteiger partial charge in [-0.05, 0) is 25.5 Å². The van der Waals surface area contributed by atoms with Crippen LogP contribution >= 0.6 is 0 Å². The number of hydrogen-bond acceptors (Lipinski definition) is 3. The highest BCUT2D eigenvalue weighted by Crippen LogP contribution is 2.21. The molecular weight excluding hydrogens is 290 g/mol. The first-order valence-corrected chi connectivity index (χ1v) is 7.72. The van der Waals surface area contributed by atoms with E-state index in [4.69, 9.17) is 4.74 Å². The number of hydrogen-bond donors (Lipinski definition) is 1. The maximum absolute atomic E-state index is 12.5. The number of amides is 1. The predicted octanol–water partition coefficient (Wildman–Crippen LogP) is 4.02. The van der Waals surface area contributed by atoms with Crippen molar-refractivity contribution in [2.75, 3.05) is 5.32 Å². The van der Waals surface area contributed by atoms with Crippen molar-refractivity contribution in [3.05, 3.63) is 65.7 Å². The van der Waals surface area contributed by atoms with Crippen molar-refractivity contribution in [2.24, 2.45) is 0 Å². The molecule has 2 aromatic carbocycles. The molecule has 0 heterocycles. The summed E-state index contributed by atoms with van der Waals surface area (Å²) in [5, 5.41) is 2.80. The zero-order valence-corrected chi connectivity index (χ0v) is 13.4. The number of anilines is 1. The number of esters is 1. The summed E-state index contributed by atoms with van der Waals surface area (Å²) in [5.41, 5.74) is 2.44. The van der Waals surface area contributed by atoms with Crippen LogP contribution in [0.3, 0.4) is 0 Å². The lowest BCUT2D eigenvalue weighted by molar-refractivity contribution is -0.154. The van der Waals surface area contributed by atoms with Gasteiger partial charge in [0.15, 0.2) is 0 Å². The van der Waals surface area contributed by atoms with Gasteiger partial charge < -0.3 is 10.1 Å². The molecule has 120 valence electrons. The molecule has 1 unspecified atom stereocenters. The number of aryl methyl sites for hydroxylation is 1. The van der Waals surface area contributed by atoms with Gasteiger partial charge >= 0.3 is 5.97 Å². The van der Waals surface area contributed by atoms with Gasteiger partial charge in [-0.25, -0.2) is 0 Å². The Bertz CT molecular complexity index is 650. The van der Waals surface area contributed by atoms with Crippen molar-refractivity contribution in [3.63, 3.8) is 0 Å². The van der Waals surface area contributed by atoms with Crippen LogP contribution in [0.25, 0.3) is 0 Å². The van der Waals surface area contributed by atoms with E-state index in [0.717, 1.165) is 5.56 Å². The normalized spacial score (nSPS) is 11.6. The van der Waals surface area contributed by atoms with Crippen molar-refractivity contribution in [3.8, 4) is 0 Å². The first-order valence-electron chi connectivity index (χ1n) is 7.72. The van der Waals surface area contributed by atoms with Gasteiger partial charge in [-0.2, -0.15) is 0 Å². The molecule has 23 heavy (non-hydrogen) atoms. The molecule has 4 nitrogen and oxygen atoms in total. The first kappa shape index (κ1) is 16.7. The average molecular weight is 311 g/mol. The number of carbonyl (C=O) groups excluding carboxylic acids is 2. The predicted molar refractivity (Wildman–Crippen MR) is 90.0 cm³/mol. The monoisotopic (exact) mass is 311 g/mol. The molecule has 0 aliphatic carbocycles. The van der Waals surface area contributed by atoms with Crippen LogP contribution in [0.1, 0.15) is 37.0 Å². The number of benzene rings is 2. The van der Waals surface area contributed by atoms with Crippen molar-refractivity contribution >= 4 is 17.6 Å². The largest absolute Gasteiger partial charge is 0.447 e. The van der Waals surface area contributed by atoms with E-state index >= 15 is 0 Å². The quantitative estimate of drug-likeness (QED) is 0.820. The van der Waals surface area contributed by atoms with Gasteiger partial charge in [-0.15, -0.1) is 0 Å².